The fourth-order valence-electron chi connectivity index (χ4n) is 3.18. The first kappa shape index (κ1) is 21.1. The zero-order valence-electron chi connectivity index (χ0n) is 17.2. The minimum Gasteiger partial charge on any atom is -0.483 e. The second-order valence-corrected chi connectivity index (χ2v) is 8.50. The summed E-state index contributed by atoms with van der Waals surface area (Å²) >= 11 is 3.52. The van der Waals surface area contributed by atoms with Crippen LogP contribution >= 0.6 is 15.9 Å². The molecular weight excluding hydrogens is 456 g/mol. The molecule has 31 heavy (non-hydrogen) atoms. The third kappa shape index (κ3) is 5.52. The van der Waals surface area contributed by atoms with Gasteiger partial charge in [-0.25, -0.2) is 0 Å². The van der Waals surface area contributed by atoms with Crippen molar-refractivity contribution >= 4 is 39.1 Å². The summed E-state index contributed by atoms with van der Waals surface area (Å²) in [4.78, 5) is 24.4. The van der Waals surface area contributed by atoms with Gasteiger partial charge in [0.2, 0.25) is 5.91 Å². The average molecular weight is 479 g/mol. The number of nitrogens with one attached hydrogen (secondary N) is 2. The number of anilines is 2. The van der Waals surface area contributed by atoms with Crippen molar-refractivity contribution in [2.24, 2.45) is 5.92 Å². The van der Waals surface area contributed by atoms with Gasteiger partial charge in [0, 0.05) is 17.3 Å². The number of hydrogen-bond donors (Lipinski definition) is 2. The van der Waals surface area contributed by atoms with Gasteiger partial charge in [0.1, 0.15) is 5.75 Å². The molecule has 0 radical (unpaired) electrons. The molecule has 0 saturated heterocycles. The van der Waals surface area contributed by atoms with Crippen LogP contribution in [-0.4, -0.2) is 18.4 Å². The number of hydrogen-bond acceptors (Lipinski definition) is 3. The number of aryl methyl sites for hydroxylation is 1. The Labute approximate surface area is 189 Å². The monoisotopic (exact) mass is 478 g/mol. The van der Waals surface area contributed by atoms with Crippen LogP contribution in [0.1, 0.15) is 18.4 Å². The minimum absolute atomic E-state index is 0.0405. The molecule has 1 aliphatic carbocycles. The Kier molecular flexibility index (Phi) is 6.37. The number of amides is 2. The lowest BCUT2D eigenvalue weighted by molar-refractivity contribution is -0.118. The van der Waals surface area contributed by atoms with Gasteiger partial charge in [0.15, 0.2) is 6.61 Å². The zero-order chi connectivity index (χ0) is 21.8. The van der Waals surface area contributed by atoms with Crippen LogP contribution in [0, 0.1) is 12.8 Å². The summed E-state index contributed by atoms with van der Waals surface area (Å²) < 4.78 is 6.47. The van der Waals surface area contributed by atoms with Gasteiger partial charge < -0.3 is 15.4 Å². The summed E-state index contributed by atoms with van der Waals surface area (Å²) in [7, 11) is 0. The third-order valence-corrected chi connectivity index (χ3v) is 5.74. The van der Waals surface area contributed by atoms with Gasteiger partial charge >= 0.3 is 0 Å². The van der Waals surface area contributed by atoms with Crippen molar-refractivity contribution in [2.75, 3.05) is 17.2 Å². The van der Waals surface area contributed by atoms with Crippen LogP contribution < -0.4 is 15.4 Å². The van der Waals surface area contributed by atoms with E-state index in [2.05, 4.69) is 26.6 Å². The van der Waals surface area contributed by atoms with E-state index in [9.17, 15) is 9.59 Å². The van der Waals surface area contributed by atoms with Crippen LogP contribution in [0.4, 0.5) is 11.4 Å². The maximum Gasteiger partial charge on any atom is 0.262 e. The molecule has 2 amide bonds. The average Bonchev–Trinajstić information content (AvgIpc) is 3.61. The first-order valence-electron chi connectivity index (χ1n) is 10.2. The molecular formula is C25H23BrN2O3. The number of ether oxygens (including phenoxy) is 1. The lowest BCUT2D eigenvalue weighted by Gasteiger charge is -2.13. The Morgan fingerprint density at radius 3 is 2.45 bits per heavy atom. The molecule has 3 aromatic carbocycles. The molecule has 4 rings (SSSR count). The van der Waals surface area contributed by atoms with E-state index in [4.69, 9.17) is 4.74 Å². The van der Waals surface area contributed by atoms with E-state index in [1.165, 1.54) is 0 Å². The van der Waals surface area contributed by atoms with Gasteiger partial charge in [-0.3, -0.25) is 9.59 Å². The third-order valence-electron chi connectivity index (χ3n) is 5.13. The fourth-order valence-corrected chi connectivity index (χ4v) is 3.68. The SMILES string of the molecule is Cc1ccc(NC(=O)COc2ccc(-c3ccccc3)cc2Br)cc1NC(=O)C1CC1. The summed E-state index contributed by atoms with van der Waals surface area (Å²) in [5.41, 5.74) is 4.45. The quantitative estimate of drug-likeness (QED) is 0.451. The van der Waals surface area contributed by atoms with E-state index in [-0.39, 0.29) is 24.3 Å². The molecule has 1 fully saturated rings. The molecule has 2 N–H and O–H groups in total. The highest BCUT2D eigenvalue weighted by atomic mass is 79.9. The second-order valence-electron chi connectivity index (χ2n) is 7.64. The summed E-state index contributed by atoms with van der Waals surface area (Å²) in [6.45, 7) is 1.80. The Balaban J connectivity index is 1.35. The van der Waals surface area contributed by atoms with Crippen LogP contribution in [0.25, 0.3) is 11.1 Å². The minimum atomic E-state index is -0.276. The van der Waals surface area contributed by atoms with Crippen molar-refractivity contribution in [2.45, 2.75) is 19.8 Å². The van der Waals surface area contributed by atoms with Crippen LogP contribution in [-0.2, 0) is 9.59 Å². The van der Waals surface area contributed by atoms with E-state index >= 15 is 0 Å². The topological polar surface area (TPSA) is 67.4 Å². The molecule has 0 unspecified atom stereocenters. The molecule has 158 valence electrons. The molecule has 0 bridgehead atoms. The number of benzene rings is 3. The molecule has 0 aromatic heterocycles. The Morgan fingerprint density at radius 1 is 0.968 bits per heavy atom. The summed E-state index contributed by atoms with van der Waals surface area (Å²) in [6.07, 6.45) is 1.89. The van der Waals surface area contributed by atoms with E-state index in [1.807, 2.05) is 67.6 Å². The van der Waals surface area contributed by atoms with Gasteiger partial charge in [0.25, 0.3) is 5.91 Å². The maximum atomic E-state index is 12.4. The van der Waals surface area contributed by atoms with Gasteiger partial charge in [-0.15, -0.1) is 0 Å². The molecule has 0 spiro atoms. The number of halogens is 1. The zero-order valence-corrected chi connectivity index (χ0v) is 18.7. The molecule has 0 heterocycles. The van der Waals surface area contributed by atoms with Crippen LogP contribution in [0.2, 0.25) is 0 Å². The molecule has 3 aromatic rings. The van der Waals surface area contributed by atoms with Crippen LogP contribution in [0.5, 0.6) is 5.75 Å². The standard InChI is InChI=1S/C25H23BrN2O3/c1-16-7-11-20(14-22(16)28-25(30)18-8-9-18)27-24(29)15-31-23-12-10-19(13-21(23)26)17-5-3-2-4-6-17/h2-7,10-14,18H,8-9,15H2,1H3,(H,27,29)(H,28,30). The number of rotatable bonds is 7. The second kappa shape index (κ2) is 9.35. The van der Waals surface area contributed by atoms with Crippen LogP contribution in [0.15, 0.2) is 71.2 Å². The highest BCUT2D eigenvalue weighted by Crippen LogP contribution is 2.32. The molecule has 0 atom stereocenters. The molecule has 1 saturated carbocycles. The Morgan fingerprint density at radius 2 is 1.74 bits per heavy atom. The smallest absolute Gasteiger partial charge is 0.262 e. The van der Waals surface area contributed by atoms with Gasteiger partial charge in [0.05, 0.1) is 4.47 Å². The number of carbonyl (C=O) groups is 2. The highest BCUT2D eigenvalue weighted by Gasteiger charge is 2.29. The van der Waals surface area contributed by atoms with Gasteiger partial charge in [-0.05, 0) is 76.7 Å². The predicted molar refractivity (Wildman–Crippen MR) is 126 cm³/mol. The first-order chi connectivity index (χ1) is 15.0. The van der Waals surface area contributed by atoms with Crippen LogP contribution in [0.3, 0.4) is 0 Å². The summed E-state index contributed by atoms with van der Waals surface area (Å²) in [5.74, 6) is 0.481. The Hall–Kier alpha value is -3.12. The molecule has 5 nitrogen and oxygen atoms in total. The largest absolute Gasteiger partial charge is 0.483 e. The highest BCUT2D eigenvalue weighted by molar-refractivity contribution is 9.10. The maximum absolute atomic E-state index is 12.4. The number of carbonyl (C=O) groups excluding carboxylic acids is 2. The molecule has 1 aliphatic rings. The fraction of sp³-hybridized carbons (Fsp3) is 0.200. The van der Waals surface area contributed by atoms with Gasteiger partial charge in [-0.1, -0.05) is 42.5 Å². The van der Waals surface area contributed by atoms with E-state index in [0.29, 0.717) is 11.4 Å². The van der Waals surface area contributed by atoms with Crippen molar-refractivity contribution in [1.82, 2.24) is 0 Å². The Bertz CT molecular complexity index is 1110. The normalized spacial score (nSPS) is 12.8. The van der Waals surface area contributed by atoms with Crippen molar-refractivity contribution < 1.29 is 14.3 Å². The van der Waals surface area contributed by atoms with E-state index in [0.717, 1.165) is 39.7 Å². The van der Waals surface area contributed by atoms with Crippen molar-refractivity contribution in [3.05, 3.63) is 76.8 Å². The first-order valence-corrected chi connectivity index (χ1v) is 11.0. The summed E-state index contributed by atoms with van der Waals surface area (Å²) in [5, 5.41) is 5.77. The van der Waals surface area contributed by atoms with E-state index < -0.39 is 0 Å². The lowest BCUT2D eigenvalue weighted by Crippen LogP contribution is -2.20. The molecule has 6 heteroatoms. The lowest BCUT2D eigenvalue weighted by atomic mass is 10.1. The van der Waals surface area contributed by atoms with E-state index in [1.54, 1.807) is 6.07 Å². The van der Waals surface area contributed by atoms with Gasteiger partial charge in [-0.2, -0.15) is 0 Å². The van der Waals surface area contributed by atoms with Crippen molar-refractivity contribution in [3.8, 4) is 16.9 Å². The van der Waals surface area contributed by atoms with Crippen molar-refractivity contribution in [1.29, 1.82) is 0 Å². The van der Waals surface area contributed by atoms with Crippen molar-refractivity contribution in [3.63, 3.8) is 0 Å². The summed E-state index contributed by atoms with van der Waals surface area (Å²) in [6, 6.07) is 21.3. The predicted octanol–water partition coefficient (Wildman–Crippen LogP) is 5.79. The molecule has 0 aliphatic heterocycles.